The van der Waals surface area contributed by atoms with Crippen LogP contribution in [0.1, 0.15) is 28.8 Å². The minimum absolute atomic E-state index is 0.0148. The second kappa shape index (κ2) is 6.48. The number of carboxylic acids is 1. The topological polar surface area (TPSA) is 91.8 Å². The highest BCUT2D eigenvalue weighted by Gasteiger charge is 2.32. The van der Waals surface area contributed by atoms with Crippen LogP contribution in [0, 0.1) is 0 Å². The smallest absolute Gasteiger partial charge is 0.335 e. The van der Waals surface area contributed by atoms with E-state index in [9.17, 15) is 18.0 Å². The second-order valence-corrected chi connectivity index (χ2v) is 7.75. The van der Waals surface area contributed by atoms with Gasteiger partial charge in [0.25, 0.3) is 0 Å². The standard InChI is InChI=1S/C15H19NO5S/c1-16(12-8-9-22(20,21)10-12)14(17)7-6-11-4-2-3-5-13(11)15(18)19/h2-5,12H,6-10H2,1H3,(H,18,19). The zero-order valence-electron chi connectivity index (χ0n) is 12.4. The number of amides is 1. The van der Waals surface area contributed by atoms with E-state index in [2.05, 4.69) is 0 Å². The van der Waals surface area contributed by atoms with E-state index in [0.717, 1.165) is 0 Å². The summed E-state index contributed by atoms with van der Waals surface area (Å²) in [5.74, 6) is -1.04. The summed E-state index contributed by atoms with van der Waals surface area (Å²) in [6.45, 7) is 0. The number of carbonyl (C=O) groups is 2. The van der Waals surface area contributed by atoms with E-state index in [0.29, 0.717) is 18.4 Å². The molecule has 0 bridgehead atoms. The Morgan fingerprint density at radius 1 is 1.32 bits per heavy atom. The van der Waals surface area contributed by atoms with Gasteiger partial charge in [0.2, 0.25) is 5.91 Å². The molecule has 0 aromatic heterocycles. The Labute approximate surface area is 129 Å². The zero-order chi connectivity index (χ0) is 16.3. The summed E-state index contributed by atoms with van der Waals surface area (Å²) in [5.41, 5.74) is 0.803. The Hall–Kier alpha value is -1.89. The molecular formula is C15H19NO5S. The quantitative estimate of drug-likeness (QED) is 0.870. The van der Waals surface area contributed by atoms with Crippen molar-refractivity contribution in [3.63, 3.8) is 0 Å². The van der Waals surface area contributed by atoms with Gasteiger partial charge in [-0.1, -0.05) is 18.2 Å². The van der Waals surface area contributed by atoms with E-state index in [-0.39, 0.29) is 35.4 Å². The fourth-order valence-corrected chi connectivity index (χ4v) is 4.42. The van der Waals surface area contributed by atoms with Gasteiger partial charge in [0.05, 0.1) is 17.1 Å². The average molecular weight is 325 g/mol. The third kappa shape index (κ3) is 3.85. The maximum absolute atomic E-state index is 12.2. The molecule has 6 nitrogen and oxygen atoms in total. The highest BCUT2D eigenvalue weighted by Crippen LogP contribution is 2.18. The van der Waals surface area contributed by atoms with E-state index < -0.39 is 15.8 Å². The summed E-state index contributed by atoms with van der Waals surface area (Å²) in [6, 6.07) is 6.31. The van der Waals surface area contributed by atoms with Crippen molar-refractivity contribution >= 4 is 21.7 Å². The van der Waals surface area contributed by atoms with Crippen LogP contribution in [0.25, 0.3) is 0 Å². The minimum Gasteiger partial charge on any atom is -0.478 e. The number of aromatic carboxylic acids is 1. The molecule has 0 aliphatic carbocycles. The molecule has 1 fully saturated rings. The number of rotatable bonds is 5. The first-order valence-corrected chi connectivity index (χ1v) is 8.89. The van der Waals surface area contributed by atoms with Crippen molar-refractivity contribution < 1.29 is 23.1 Å². The van der Waals surface area contributed by atoms with Crippen molar-refractivity contribution in [2.45, 2.75) is 25.3 Å². The lowest BCUT2D eigenvalue weighted by Crippen LogP contribution is -2.37. The van der Waals surface area contributed by atoms with Gasteiger partial charge in [0.15, 0.2) is 9.84 Å². The Balaban J connectivity index is 1.97. The normalized spacial score (nSPS) is 19.8. The molecule has 0 radical (unpaired) electrons. The molecule has 7 heteroatoms. The molecule has 120 valence electrons. The predicted molar refractivity (Wildman–Crippen MR) is 81.6 cm³/mol. The fraction of sp³-hybridized carbons (Fsp3) is 0.467. The van der Waals surface area contributed by atoms with Crippen LogP contribution in [0.5, 0.6) is 0 Å². The van der Waals surface area contributed by atoms with Crippen LogP contribution in [0.2, 0.25) is 0 Å². The minimum atomic E-state index is -3.03. The summed E-state index contributed by atoms with van der Waals surface area (Å²) in [4.78, 5) is 24.8. The van der Waals surface area contributed by atoms with Crippen LogP contribution < -0.4 is 0 Å². The second-order valence-electron chi connectivity index (χ2n) is 5.52. The van der Waals surface area contributed by atoms with Crippen LogP contribution in [0.4, 0.5) is 0 Å². The molecule has 1 aliphatic heterocycles. The molecular weight excluding hydrogens is 306 g/mol. The molecule has 1 saturated heterocycles. The molecule has 1 aromatic rings. The molecule has 2 rings (SSSR count). The molecule has 22 heavy (non-hydrogen) atoms. The lowest BCUT2D eigenvalue weighted by molar-refractivity contribution is -0.131. The van der Waals surface area contributed by atoms with E-state index in [1.54, 1.807) is 25.2 Å². The summed E-state index contributed by atoms with van der Waals surface area (Å²) >= 11 is 0. The number of benzene rings is 1. The maximum atomic E-state index is 12.2. The SMILES string of the molecule is CN(C(=O)CCc1ccccc1C(=O)O)C1CCS(=O)(=O)C1. The molecule has 1 atom stereocenters. The van der Waals surface area contributed by atoms with Crippen LogP contribution in [0.3, 0.4) is 0 Å². The zero-order valence-corrected chi connectivity index (χ0v) is 13.2. The van der Waals surface area contributed by atoms with Crippen molar-refractivity contribution in [1.29, 1.82) is 0 Å². The van der Waals surface area contributed by atoms with Gasteiger partial charge in [0.1, 0.15) is 0 Å². The van der Waals surface area contributed by atoms with E-state index >= 15 is 0 Å². The molecule has 1 aliphatic rings. The van der Waals surface area contributed by atoms with Crippen LogP contribution in [-0.4, -0.2) is 54.9 Å². The molecule has 1 aromatic carbocycles. The predicted octanol–water partition coefficient (Wildman–Crippen LogP) is 0.963. The lowest BCUT2D eigenvalue weighted by Gasteiger charge is -2.23. The Kier molecular flexibility index (Phi) is 4.85. The maximum Gasteiger partial charge on any atom is 0.335 e. The van der Waals surface area contributed by atoms with Gasteiger partial charge in [-0.2, -0.15) is 0 Å². The van der Waals surface area contributed by atoms with Crippen molar-refractivity contribution in [3.8, 4) is 0 Å². The molecule has 0 saturated carbocycles. The number of carboxylic acid groups (broad SMARTS) is 1. The van der Waals surface area contributed by atoms with Crippen molar-refractivity contribution in [1.82, 2.24) is 4.90 Å². The summed E-state index contributed by atoms with van der Waals surface area (Å²) in [7, 11) is -1.42. The van der Waals surface area contributed by atoms with E-state index in [1.807, 2.05) is 0 Å². The van der Waals surface area contributed by atoms with Gasteiger partial charge >= 0.3 is 5.97 Å². The molecule has 1 amide bonds. The first-order chi connectivity index (χ1) is 10.3. The first kappa shape index (κ1) is 16.5. The molecule has 1 heterocycles. The number of aryl methyl sites for hydroxylation is 1. The summed E-state index contributed by atoms with van der Waals surface area (Å²) < 4.78 is 22.9. The summed E-state index contributed by atoms with van der Waals surface area (Å²) in [6.07, 6.45) is 0.957. The third-order valence-electron chi connectivity index (χ3n) is 4.01. The number of sulfone groups is 1. The number of hydrogen-bond acceptors (Lipinski definition) is 4. The molecule has 1 N–H and O–H groups in total. The number of nitrogens with zero attached hydrogens (tertiary/aromatic N) is 1. The van der Waals surface area contributed by atoms with Crippen molar-refractivity contribution in [2.75, 3.05) is 18.6 Å². The van der Waals surface area contributed by atoms with E-state index in [4.69, 9.17) is 5.11 Å². The Morgan fingerprint density at radius 3 is 2.59 bits per heavy atom. The summed E-state index contributed by atoms with van der Waals surface area (Å²) in [5, 5.41) is 9.11. The number of hydrogen-bond donors (Lipinski definition) is 1. The van der Waals surface area contributed by atoms with Crippen molar-refractivity contribution in [3.05, 3.63) is 35.4 Å². The largest absolute Gasteiger partial charge is 0.478 e. The van der Waals surface area contributed by atoms with Crippen molar-refractivity contribution in [2.24, 2.45) is 0 Å². The van der Waals surface area contributed by atoms with E-state index in [1.165, 1.54) is 11.0 Å². The lowest BCUT2D eigenvalue weighted by atomic mass is 10.0. The highest BCUT2D eigenvalue weighted by atomic mass is 32.2. The van der Waals surface area contributed by atoms with Gasteiger partial charge in [-0.3, -0.25) is 4.79 Å². The monoisotopic (exact) mass is 325 g/mol. The average Bonchev–Trinajstić information content (AvgIpc) is 2.84. The third-order valence-corrected chi connectivity index (χ3v) is 5.76. The Bertz CT molecular complexity index is 683. The van der Waals surface area contributed by atoms with Crippen LogP contribution >= 0.6 is 0 Å². The van der Waals surface area contributed by atoms with Crippen LogP contribution in [0.15, 0.2) is 24.3 Å². The fourth-order valence-electron chi connectivity index (χ4n) is 2.65. The number of carbonyl (C=O) groups excluding carboxylic acids is 1. The first-order valence-electron chi connectivity index (χ1n) is 7.07. The van der Waals surface area contributed by atoms with Gasteiger partial charge < -0.3 is 10.0 Å². The highest BCUT2D eigenvalue weighted by molar-refractivity contribution is 7.91. The Morgan fingerprint density at radius 2 is 2.00 bits per heavy atom. The molecule has 1 unspecified atom stereocenters. The van der Waals surface area contributed by atoms with Gasteiger partial charge in [-0.05, 0) is 24.5 Å². The van der Waals surface area contributed by atoms with Crippen LogP contribution in [-0.2, 0) is 21.1 Å². The molecule has 0 spiro atoms. The van der Waals surface area contributed by atoms with Gasteiger partial charge in [-0.15, -0.1) is 0 Å². The van der Waals surface area contributed by atoms with Gasteiger partial charge in [-0.25, -0.2) is 13.2 Å². The van der Waals surface area contributed by atoms with Gasteiger partial charge in [0, 0.05) is 19.5 Å².